The molecule has 5 heteroatoms. The summed E-state index contributed by atoms with van der Waals surface area (Å²) < 4.78 is 0. The van der Waals surface area contributed by atoms with Crippen LogP contribution in [0.5, 0.6) is 5.75 Å². The summed E-state index contributed by atoms with van der Waals surface area (Å²) in [5.41, 5.74) is 6.72. The van der Waals surface area contributed by atoms with E-state index in [-0.39, 0.29) is 18.3 Å². The largest absolute Gasteiger partial charge is 0.508 e. The van der Waals surface area contributed by atoms with E-state index in [0.29, 0.717) is 11.3 Å². The zero-order valence-corrected chi connectivity index (χ0v) is 8.82. The number of nitrogen functional groups attached to an aromatic ring is 1. The van der Waals surface area contributed by atoms with Crippen molar-refractivity contribution >= 4 is 11.7 Å². The Morgan fingerprint density at radius 2 is 2.20 bits per heavy atom. The van der Waals surface area contributed by atoms with Crippen LogP contribution in [0.1, 0.15) is 5.56 Å². The zero-order chi connectivity index (χ0) is 11.4. The first-order valence-corrected chi connectivity index (χ1v) is 4.53. The molecule has 15 heavy (non-hydrogen) atoms. The molecule has 0 heterocycles. The van der Waals surface area contributed by atoms with Crippen LogP contribution in [-0.4, -0.2) is 30.1 Å². The number of aromatic hydroxyl groups is 1. The molecule has 0 saturated carbocycles. The molecule has 1 aromatic carbocycles. The highest BCUT2D eigenvalue weighted by molar-refractivity contribution is 5.73. The molecule has 4 N–H and O–H groups in total. The number of anilines is 1. The van der Waals surface area contributed by atoms with E-state index in [1.54, 1.807) is 26.2 Å². The number of nitrogens with two attached hydrogens (primary N) is 1. The number of nitrogens with zero attached hydrogens (tertiary/aromatic N) is 1. The highest BCUT2D eigenvalue weighted by atomic mass is 16.3. The van der Waals surface area contributed by atoms with Crippen LogP contribution in [0.25, 0.3) is 0 Å². The second-order valence-electron chi connectivity index (χ2n) is 3.44. The number of carbonyl (C=O) groups excluding carboxylic acids is 1. The summed E-state index contributed by atoms with van der Waals surface area (Å²) in [7, 11) is 3.29. The fourth-order valence-corrected chi connectivity index (χ4v) is 1.08. The Morgan fingerprint density at radius 1 is 1.53 bits per heavy atom. The fourth-order valence-electron chi connectivity index (χ4n) is 1.08. The van der Waals surface area contributed by atoms with E-state index in [9.17, 15) is 9.90 Å². The third kappa shape index (κ3) is 3.05. The number of hydrogen-bond acceptors (Lipinski definition) is 3. The minimum atomic E-state index is -0.211. The molecule has 5 nitrogen and oxygen atoms in total. The molecule has 1 aromatic rings. The van der Waals surface area contributed by atoms with Gasteiger partial charge in [-0.05, 0) is 18.2 Å². The number of amides is 2. The zero-order valence-electron chi connectivity index (χ0n) is 8.82. The lowest BCUT2D eigenvalue weighted by atomic mass is 10.2. The molecule has 0 fully saturated rings. The van der Waals surface area contributed by atoms with Crippen molar-refractivity contribution in [2.24, 2.45) is 0 Å². The van der Waals surface area contributed by atoms with Crippen LogP contribution in [0.2, 0.25) is 0 Å². The summed E-state index contributed by atoms with van der Waals surface area (Å²) >= 11 is 0. The summed E-state index contributed by atoms with van der Waals surface area (Å²) in [5.74, 6) is 0.128. The van der Waals surface area contributed by atoms with Gasteiger partial charge in [0.1, 0.15) is 5.75 Å². The van der Waals surface area contributed by atoms with Gasteiger partial charge in [0, 0.05) is 31.9 Å². The number of urea groups is 1. The van der Waals surface area contributed by atoms with Gasteiger partial charge in [-0.3, -0.25) is 0 Å². The molecule has 0 aliphatic rings. The standard InChI is InChI=1S/C10H15N3O2/c1-13(2)10(15)12-6-7-5-8(11)3-4-9(7)14/h3-5,14H,6,11H2,1-2H3,(H,12,15). The van der Waals surface area contributed by atoms with Crippen molar-refractivity contribution in [3.8, 4) is 5.75 Å². The average molecular weight is 209 g/mol. The summed E-state index contributed by atoms with van der Waals surface area (Å²) in [6.45, 7) is 0.258. The maximum Gasteiger partial charge on any atom is 0.317 e. The van der Waals surface area contributed by atoms with Crippen molar-refractivity contribution in [2.45, 2.75) is 6.54 Å². The minimum Gasteiger partial charge on any atom is -0.508 e. The topological polar surface area (TPSA) is 78.6 Å². The fraction of sp³-hybridized carbons (Fsp3) is 0.300. The Kier molecular flexibility index (Phi) is 3.38. The number of phenolic OH excluding ortho intramolecular Hbond substituents is 1. The molecule has 0 saturated heterocycles. The Morgan fingerprint density at radius 3 is 2.80 bits per heavy atom. The lowest BCUT2D eigenvalue weighted by molar-refractivity contribution is 0.217. The maximum absolute atomic E-state index is 11.2. The first kappa shape index (κ1) is 11.2. The minimum absolute atomic E-state index is 0.128. The third-order valence-corrected chi connectivity index (χ3v) is 1.94. The lowest BCUT2D eigenvalue weighted by Crippen LogP contribution is -2.33. The van der Waals surface area contributed by atoms with E-state index in [2.05, 4.69) is 5.32 Å². The molecule has 0 aliphatic carbocycles. The lowest BCUT2D eigenvalue weighted by Gasteiger charge is -2.12. The summed E-state index contributed by atoms with van der Waals surface area (Å²) in [6, 6.07) is 4.53. The summed E-state index contributed by atoms with van der Waals surface area (Å²) in [4.78, 5) is 12.6. The van der Waals surface area contributed by atoms with Gasteiger partial charge >= 0.3 is 6.03 Å². The van der Waals surface area contributed by atoms with Gasteiger partial charge in [-0.2, -0.15) is 0 Å². The van der Waals surface area contributed by atoms with Crippen LogP contribution >= 0.6 is 0 Å². The molecule has 0 aromatic heterocycles. The Labute approximate surface area is 88.5 Å². The van der Waals surface area contributed by atoms with E-state index >= 15 is 0 Å². The van der Waals surface area contributed by atoms with Crippen LogP contribution in [0, 0.1) is 0 Å². The van der Waals surface area contributed by atoms with Gasteiger partial charge in [-0.15, -0.1) is 0 Å². The first-order valence-electron chi connectivity index (χ1n) is 4.53. The average Bonchev–Trinajstić information content (AvgIpc) is 2.18. The van der Waals surface area contributed by atoms with Crippen LogP contribution in [0.3, 0.4) is 0 Å². The third-order valence-electron chi connectivity index (χ3n) is 1.94. The summed E-state index contributed by atoms with van der Waals surface area (Å²) in [6.07, 6.45) is 0. The van der Waals surface area contributed by atoms with Gasteiger partial charge in [-0.1, -0.05) is 0 Å². The van der Waals surface area contributed by atoms with E-state index in [1.807, 2.05) is 0 Å². The molecule has 0 aliphatic heterocycles. The van der Waals surface area contributed by atoms with Crippen LogP contribution < -0.4 is 11.1 Å². The number of nitrogens with one attached hydrogen (secondary N) is 1. The predicted molar refractivity (Wildman–Crippen MR) is 58.4 cm³/mol. The molecule has 1 rings (SSSR count). The van der Waals surface area contributed by atoms with Crippen molar-refractivity contribution in [2.75, 3.05) is 19.8 Å². The highest BCUT2D eigenvalue weighted by Crippen LogP contribution is 2.19. The van der Waals surface area contributed by atoms with Crippen molar-refractivity contribution in [1.29, 1.82) is 0 Å². The predicted octanol–water partition coefficient (Wildman–Crippen LogP) is 0.746. The Bertz CT molecular complexity index is 364. The normalized spacial score (nSPS) is 9.73. The SMILES string of the molecule is CN(C)C(=O)NCc1cc(N)ccc1O. The number of phenols is 1. The van der Waals surface area contributed by atoms with Crippen molar-refractivity contribution in [1.82, 2.24) is 10.2 Å². The summed E-state index contributed by atoms with van der Waals surface area (Å²) in [5, 5.41) is 12.1. The van der Waals surface area contributed by atoms with Gasteiger partial charge in [0.15, 0.2) is 0 Å². The van der Waals surface area contributed by atoms with E-state index < -0.39 is 0 Å². The molecule has 2 amide bonds. The molecule has 0 bridgehead atoms. The molecule has 0 unspecified atom stereocenters. The molecule has 0 atom stereocenters. The van der Waals surface area contributed by atoms with Crippen LogP contribution in [0.15, 0.2) is 18.2 Å². The quantitative estimate of drug-likeness (QED) is 0.496. The second kappa shape index (κ2) is 4.54. The number of hydrogen-bond donors (Lipinski definition) is 3. The van der Waals surface area contributed by atoms with Gasteiger partial charge < -0.3 is 21.1 Å². The number of rotatable bonds is 2. The van der Waals surface area contributed by atoms with Gasteiger partial charge in [0.25, 0.3) is 0 Å². The molecular weight excluding hydrogens is 194 g/mol. The number of benzene rings is 1. The van der Waals surface area contributed by atoms with Gasteiger partial charge in [0.05, 0.1) is 0 Å². The first-order chi connectivity index (χ1) is 7.00. The smallest absolute Gasteiger partial charge is 0.317 e. The van der Waals surface area contributed by atoms with Crippen molar-refractivity contribution in [3.05, 3.63) is 23.8 Å². The highest BCUT2D eigenvalue weighted by Gasteiger charge is 2.05. The molecular formula is C10H15N3O2. The van der Waals surface area contributed by atoms with E-state index in [0.717, 1.165) is 0 Å². The van der Waals surface area contributed by atoms with Gasteiger partial charge in [0.2, 0.25) is 0 Å². The second-order valence-corrected chi connectivity index (χ2v) is 3.44. The van der Waals surface area contributed by atoms with Crippen molar-refractivity contribution in [3.63, 3.8) is 0 Å². The molecule has 0 spiro atoms. The van der Waals surface area contributed by atoms with Crippen LogP contribution in [0.4, 0.5) is 10.5 Å². The van der Waals surface area contributed by atoms with Crippen molar-refractivity contribution < 1.29 is 9.90 Å². The molecule has 82 valence electrons. The molecule has 0 radical (unpaired) electrons. The van der Waals surface area contributed by atoms with E-state index in [1.165, 1.54) is 11.0 Å². The number of carbonyl (C=O) groups is 1. The maximum atomic E-state index is 11.2. The Balaban J connectivity index is 2.65. The van der Waals surface area contributed by atoms with Gasteiger partial charge in [-0.25, -0.2) is 4.79 Å². The van der Waals surface area contributed by atoms with E-state index in [4.69, 9.17) is 5.73 Å². The monoisotopic (exact) mass is 209 g/mol. The Hall–Kier alpha value is -1.91. The van der Waals surface area contributed by atoms with Crippen LogP contribution in [-0.2, 0) is 6.54 Å².